The lowest BCUT2D eigenvalue weighted by molar-refractivity contribution is 0.237. The number of carbonyl (C=O) groups excluding carboxylic acids is 1. The number of urea groups is 1. The summed E-state index contributed by atoms with van der Waals surface area (Å²) in [4.78, 5) is 12.0. The third-order valence-electron chi connectivity index (χ3n) is 4.04. The minimum absolute atomic E-state index is 0.0515. The van der Waals surface area contributed by atoms with Crippen molar-refractivity contribution in [1.82, 2.24) is 10.6 Å². The normalized spacial score (nSPS) is 13.8. The molecule has 1 heterocycles. The van der Waals surface area contributed by atoms with Gasteiger partial charge in [0, 0.05) is 24.0 Å². The van der Waals surface area contributed by atoms with Gasteiger partial charge < -0.3 is 15.4 Å². The standard InChI is InChI=1S/C19H21ClN2O2/c1-13(10-15-4-7-18-16(11-15)8-9-24-18)22-19(23)21-12-14-2-5-17(20)6-3-14/h2-7,11,13H,8-10,12H2,1H3,(H2,21,22,23). The molecule has 0 fully saturated rings. The van der Waals surface area contributed by atoms with Crippen LogP contribution in [0.3, 0.4) is 0 Å². The van der Waals surface area contributed by atoms with Gasteiger partial charge in [0.15, 0.2) is 0 Å². The predicted molar refractivity (Wildman–Crippen MR) is 95.6 cm³/mol. The van der Waals surface area contributed by atoms with Gasteiger partial charge in [0.25, 0.3) is 0 Å². The Bertz CT molecular complexity index is 716. The van der Waals surface area contributed by atoms with E-state index >= 15 is 0 Å². The summed E-state index contributed by atoms with van der Waals surface area (Å²) in [6.45, 7) is 3.25. The van der Waals surface area contributed by atoms with Crippen molar-refractivity contribution >= 4 is 17.6 Å². The van der Waals surface area contributed by atoms with Crippen molar-refractivity contribution in [2.45, 2.75) is 32.4 Å². The van der Waals surface area contributed by atoms with Gasteiger partial charge in [0.1, 0.15) is 5.75 Å². The van der Waals surface area contributed by atoms with E-state index in [9.17, 15) is 4.79 Å². The van der Waals surface area contributed by atoms with E-state index in [0.29, 0.717) is 11.6 Å². The number of fused-ring (bicyclic) bond motifs is 1. The Hall–Kier alpha value is -2.20. The summed E-state index contributed by atoms with van der Waals surface area (Å²) < 4.78 is 5.52. The van der Waals surface area contributed by atoms with E-state index < -0.39 is 0 Å². The molecule has 1 aliphatic rings. The molecule has 4 nitrogen and oxygen atoms in total. The first-order chi connectivity index (χ1) is 11.6. The SMILES string of the molecule is CC(Cc1ccc2c(c1)CCO2)NC(=O)NCc1ccc(Cl)cc1. The number of nitrogens with one attached hydrogen (secondary N) is 2. The van der Waals surface area contributed by atoms with Gasteiger partial charge in [0.05, 0.1) is 6.61 Å². The molecule has 0 radical (unpaired) electrons. The highest BCUT2D eigenvalue weighted by Gasteiger charge is 2.14. The molecule has 0 saturated carbocycles. The Morgan fingerprint density at radius 3 is 2.75 bits per heavy atom. The summed E-state index contributed by atoms with van der Waals surface area (Å²) >= 11 is 5.85. The van der Waals surface area contributed by atoms with Gasteiger partial charge in [-0.15, -0.1) is 0 Å². The van der Waals surface area contributed by atoms with Crippen molar-refractivity contribution < 1.29 is 9.53 Å². The second-order valence-electron chi connectivity index (χ2n) is 6.10. The second kappa shape index (κ2) is 7.58. The lowest BCUT2D eigenvalue weighted by Crippen LogP contribution is -2.41. The van der Waals surface area contributed by atoms with Gasteiger partial charge >= 0.3 is 6.03 Å². The minimum Gasteiger partial charge on any atom is -0.493 e. The van der Waals surface area contributed by atoms with Crippen LogP contribution in [-0.4, -0.2) is 18.7 Å². The van der Waals surface area contributed by atoms with Crippen molar-refractivity contribution in [3.63, 3.8) is 0 Å². The van der Waals surface area contributed by atoms with Crippen molar-refractivity contribution in [2.75, 3.05) is 6.61 Å². The van der Waals surface area contributed by atoms with E-state index in [4.69, 9.17) is 16.3 Å². The molecule has 0 saturated heterocycles. The highest BCUT2D eigenvalue weighted by atomic mass is 35.5. The molecule has 3 rings (SSSR count). The number of carbonyl (C=O) groups is 1. The summed E-state index contributed by atoms with van der Waals surface area (Å²) in [5.41, 5.74) is 3.48. The zero-order chi connectivity index (χ0) is 16.9. The Kier molecular flexibility index (Phi) is 5.26. The first-order valence-corrected chi connectivity index (χ1v) is 8.51. The van der Waals surface area contributed by atoms with Crippen molar-refractivity contribution in [3.8, 4) is 5.75 Å². The van der Waals surface area contributed by atoms with Crippen LogP contribution in [0.25, 0.3) is 0 Å². The van der Waals surface area contributed by atoms with Crippen LogP contribution in [0.5, 0.6) is 5.75 Å². The maximum absolute atomic E-state index is 12.0. The average molecular weight is 345 g/mol. The summed E-state index contributed by atoms with van der Waals surface area (Å²) in [7, 11) is 0. The maximum Gasteiger partial charge on any atom is 0.315 e. The van der Waals surface area contributed by atoms with Gasteiger partial charge in [-0.1, -0.05) is 35.9 Å². The fourth-order valence-electron chi connectivity index (χ4n) is 2.83. The van der Waals surface area contributed by atoms with Crippen molar-refractivity contribution in [1.29, 1.82) is 0 Å². The number of hydrogen-bond acceptors (Lipinski definition) is 2. The van der Waals surface area contributed by atoms with Gasteiger partial charge in [0.2, 0.25) is 0 Å². The third-order valence-corrected chi connectivity index (χ3v) is 4.29. The maximum atomic E-state index is 12.0. The largest absolute Gasteiger partial charge is 0.493 e. The molecule has 1 atom stereocenters. The summed E-state index contributed by atoms with van der Waals surface area (Å²) in [6.07, 6.45) is 1.76. The third kappa shape index (κ3) is 4.42. The highest BCUT2D eigenvalue weighted by molar-refractivity contribution is 6.30. The highest BCUT2D eigenvalue weighted by Crippen LogP contribution is 2.26. The smallest absolute Gasteiger partial charge is 0.315 e. The van der Waals surface area contributed by atoms with Gasteiger partial charge in [-0.25, -0.2) is 4.79 Å². The molecule has 2 amide bonds. The molecular weight excluding hydrogens is 324 g/mol. The molecule has 24 heavy (non-hydrogen) atoms. The van der Waals surface area contributed by atoms with Crippen molar-refractivity contribution in [2.24, 2.45) is 0 Å². The summed E-state index contributed by atoms with van der Waals surface area (Å²) in [5, 5.41) is 6.53. The number of amides is 2. The van der Waals surface area contributed by atoms with Gasteiger partial charge in [-0.2, -0.15) is 0 Å². The van der Waals surface area contributed by atoms with Gasteiger partial charge in [-0.3, -0.25) is 0 Å². The molecule has 1 unspecified atom stereocenters. The molecule has 2 aromatic rings. The molecule has 2 N–H and O–H groups in total. The number of ether oxygens (including phenoxy) is 1. The molecule has 0 aliphatic carbocycles. The van der Waals surface area contributed by atoms with Gasteiger partial charge in [-0.05, 0) is 48.2 Å². The molecule has 0 spiro atoms. The summed E-state index contributed by atoms with van der Waals surface area (Å²) in [6, 6.07) is 13.6. The first-order valence-electron chi connectivity index (χ1n) is 8.13. The Balaban J connectivity index is 1.46. The number of hydrogen-bond donors (Lipinski definition) is 2. The van der Waals surface area contributed by atoms with Crippen LogP contribution in [0.4, 0.5) is 4.79 Å². The van der Waals surface area contributed by atoms with Crippen LogP contribution >= 0.6 is 11.6 Å². The lowest BCUT2D eigenvalue weighted by atomic mass is 10.0. The fourth-order valence-corrected chi connectivity index (χ4v) is 2.96. The number of benzene rings is 2. The van der Waals surface area contributed by atoms with E-state index in [1.54, 1.807) is 0 Å². The fraction of sp³-hybridized carbons (Fsp3) is 0.316. The number of rotatable bonds is 5. The lowest BCUT2D eigenvalue weighted by Gasteiger charge is -2.15. The zero-order valence-corrected chi connectivity index (χ0v) is 14.4. The van der Waals surface area contributed by atoms with Crippen LogP contribution < -0.4 is 15.4 Å². The Labute approximate surface area is 147 Å². The van der Waals surface area contributed by atoms with Crippen molar-refractivity contribution in [3.05, 3.63) is 64.2 Å². The van der Waals surface area contributed by atoms with E-state index in [1.807, 2.05) is 37.3 Å². The van der Waals surface area contributed by atoms with E-state index in [0.717, 1.165) is 30.8 Å². The molecule has 126 valence electrons. The summed E-state index contributed by atoms with van der Waals surface area (Å²) in [5.74, 6) is 0.986. The van der Waals surface area contributed by atoms with E-state index in [2.05, 4.69) is 22.8 Å². The average Bonchev–Trinajstić information content (AvgIpc) is 3.02. The second-order valence-corrected chi connectivity index (χ2v) is 6.54. The first kappa shape index (κ1) is 16.7. The molecule has 0 bridgehead atoms. The Morgan fingerprint density at radius 1 is 1.21 bits per heavy atom. The van der Waals surface area contributed by atoms with Crippen LogP contribution in [0, 0.1) is 0 Å². The quantitative estimate of drug-likeness (QED) is 0.868. The molecule has 0 aromatic heterocycles. The minimum atomic E-state index is -0.165. The zero-order valence-electron chi connectivity index (χ0n) is 13.6. The van der Waals surface area contributed by atoms with E-state index in [1.165, 1.54) is 11.1 Å². The Morgan fingerprint density at radius 2 is 1.96 bits per heavy atom. The van der Waals surface area contributed by atoms with Crippen LogP contribution in [0.2, 0.25) is 5.02 Å². The molecular formula is C19H21ClN2O2. The monoisotopic (exact) mass is 344 g/mol. The predicted octanol–water partition coefficient (Wildman–Crippen LogP) is 3.71. The topological polar surface area (TPSA) is 50.4 Å². The van der Waals surface area contributed by atoms with Crippen LogP contribution in [-0.2, 0) is 19.4 Å². The molecule has 5 heteroatoms. The van der Waals surface area contributed by atoms with Crippen LogP contribution in [0.1, 0.15) is 23.6 Å². The number of halogens is 1. The molecule has 1 aliphatic heterocycles. The molecule has 2 aromatic carbocycles. The van der Waals surface area contributed by atoms with E-state index in [-0.39, 0.29) is 12.1 Å². The van der Waals surface area contributed by atoms with Crippen LogP contribution in [0.15, 0.2) is 42.5 Å².